The van der Waals surface area contributed by atoms with Gasteiger partial charge in [-0.1, -0.05) is 30.3 Å². The summed E-state index contributed by atoms with van der Waals surface area (Å²) in [5, 5.41) is 14.9. The van der Waals surface area contributed by atoms with Crippen molar-refractivity contribution in [3.05, 3.63) is 77.2 Å². The van der Waals surface area contributed by atoms with E-state index in [1.54, 1.807) is 13.8 Å². The number of aryl methyl sites for hydroxylation is 2. The quantitative estimate of drug-likeness (QED) is 0.365. The van der Waals surface area contributed by atoms with E-state index in [2.05, 4.69) is 10.6 Å². The number of carbonyl (C=O) groups is 2. The zero-order chi connectivity index (χ0) is 23.3. The predicted octanol–water partition coefficient (Wildman–Crippen LogP) is 4.30. The highest BCUT2D eigenvalue weighted by Gasteiger charge is 2.15. The Morgan fingerprint density at radius 1 is 1.03 bits per heavy atom. The molecule has 0 aliphatic carbocycles. The Balaban J connectivity index is 1.61. The molecule has 0 aliphatic heterocycles. The number of allylic oxidation sites excluding steroid dienone is 2. The second-order valence-electron chi connectivity index (χ2n) is 7.76. The van der Waals surface area contributed by atoms with E-state index < -0.39 is 18.5 Å². The summed E-state index contributed by atoms with van der Waals surface area (Å²) in [6.45, 7) is 6.87. The molecule has 166 valence electrons. The van der Waals surface area contributed by atoms with Crippen LogP contribution in [0.5, 0.6) is 0 Å². The molecule has 0 fully saturated rings. The third-order valence-electron chi connectivity index (χ3n) is 5.03. The van der Waals surface area contributed by atoms with Crippen LogP contribution in [0, 0.1) is 19.3 Å². The molecule has 0 saturated carbocycles. The van der Waals surface area contributed by atoms with Gasteiger partial charge in [-0.05, 0) is 62.9 Å². The first-order valence-corrected chi connectivity index (χ1v) is 10.3. The molecule has 1 amide bonds. The van der Waals surface area contributed by atoms with Crippen LogP contribution in [0.2, 0.25) is 0 Å². The number of esters is 1. The number of nitrogens with zero attached hydrogens (tertiary/aromatic N) is 1. The molecule has 7 nitrogen and oxygen atoms in total. The maximum absolute atomic E-state index is 12.4. The smallest absolute Gasteiger partial charge is 0.326 e. The number of benzene rings is 2. The van der Waals surface area contributed by atoms with Gasteiger partial charge in [0.2, 0.25) is 0 Å². The number of amides is 1. The number of para-hydroxylation sites is 1. The molecule has 1 aromatic heterocycles. The maximum Gasteiger partial charge on any atom is 0.326 e. The van der Waals surface area contributed by atoms with E-state index in [-0.39, 0.29) is 12.3 Å². The summed E-state index contributed by atoms with van der Waals surface area (Å²) in [7, 11) is 0. The number of aromatic nitrogens is 1. The number of rotatable bonds is 8. The number of hydrogen-bond donors (Lipinski definition) is 3. The lowest BCUT2D eigenvalue weighted by Gasteiger charge is -2.15. The third-order valence-corrected chi connectivity index (χ3v) is 5.03. The van der Waals surface area contributed by atoms with Crippen LogP contribution >= 0.6 is 0 Å². The molecule has 0 radical (unpaired) electrons. The normalized spacial score (nSPS) is 11.6. The molecule has 32 heavy (non-hydrogen) atoms. The number of nitrogens with one attached hydrogen (secondary N) is 3. The van der Waals surface area contributed by atoms with Gasteiger partial charge in [-0.3, -0.25) is 9.59 Å². The Labute approximate surface area is 187 Å². The summed E-state index contributed by atoms with van der Waals surface area (Å²) < 4.78 is 7.05. The Bertz CT molecular complexity index is 1210. The fraction of sp³-hybridized carbons (Fsp3) is 0.240. The molecular weight excluding hydrogens is 404 g/mol. The van der Waals surface area contributed by atoms with Gasteiger partial charge in [-0.2, -0.15) is 0 Å². The number of anilines is 1. The number of hydrogen-bond acceptors (Lipinski definition) is 5. The second kappa shape index (κ2) is 9.96. The van der Waals surface area contributed by atoms with Crippen molar-refractivity contribution in [3.8, 4) is 0 Å². The van der Waals surface area contributed by atoms with Crippen molar-refractivity contribution in [2.24, 2.45) is 0 Å². The highest BCUT2D eigenvalue weighted by molar-refractivity contribution is 6.00. The van der Waals surface area contributed by atoms with Gasteiger partial charge in [0.15, 0.2) is 6.61 Å². The van der Waals surface area contributed by atoms with Crippen molar-refractivity contribution in [2.75, 3.05) is 11.9 Å². The summed E-state index contributed by atoms with van der Waals surface area (Å²) in [5.74, 6) is -1.00. The van der Waals surface area contributed by atoms with Gasteiger partial charge in [-0.25, -0.2) is 0 Å². The molecule has 1 heterocycles. The summed E-state index contributed by atoms with van der Waals surface area (Å²) in [5.41, 5.74) is 4.99. The van der Waals surface area contributed by atoms with Crippen molar-refractivity contribution in [1.82, 2.24) is 9.88 Å². The van der Waals surface area contributed by atoms with E-state index in [9.17, 15) is 9.59 Å². The minimum Gasteiger partial charge on any atom is -0.454 e. The van der Waals surface area contributed by atoms with Gasteiger partial charge in [0.05, 0.1) is 11.4 Å². The zero-order valence-corrected chi connectivity index (χ0v) is 18.8. The van der Waals surface area contributed by atoms with E-state index >= 15 is 0 Å². The summed E-state index contributed by atoms with van der Waals surface area (Å²) in [4.78, 5) is 24.7. The maximum atomic E-state index is 12.4. The average Bonchev–Trinajstić information content (AvgIpc) is 3.05. The Morgan fingerprint density at radius 3 is 2.50 bits per heavy atom. The summed E-state index contributed by atoms with van der Waals surface area (Å²) in [6, 6.07) is 17.6. The van der Waals surface area contributed by atoms with Crippen LogP contribution in [-0.2, 0) is 20.9 Å². The third kappa shape index (κ3) is 5.63. The molecule has 0 spiro atoms. The molecule has 3 rings (SSSR count). The molecule has 3 N–H and O–H groups in total. The SMILES string of the molecule is CC(=N)/C(NC(=O)COC(=O)Cn1c(C)cc2ccccc21)=C(/C)Nc1cccc(C)c1. The van der Waals surface area contributed by atoms with Crippen molar-refractivity contribution in [3.63, 3.8) is 0 Å². The lowest BCUT2D eigenvalue weighted by atomic mass is 10.2. The molecule has 7 heteroatoms. The van der Waals surface area contributed by atoms with Crippen LogP contribution in [0.3, 0.4) is 0 Å². The fourth-order valence-corrected chi connectivity index (χ4v) is 3.53. The molecule has 0 saturated heterocycles. The topological polar surface area (TPSA) is 96.2 Å². The average molecular weight is 433 g/mol. The first-order valence-electron chi connectivity index (χ1n) is 10.3. The number of fused-ring (bicyclic) bond motifs is 1. The summed E-state index contributed by atoms with van der Waals surface area (Å²) >= 11 is 0. The predicted molar refractivity (Wildman–Crippen MR) is 127 cm³/mol. The lowest BCUT2D eigenvalue weighted by Crippen LogP contribution is -2.32. The van der Waals surface area contributed by atoms with E-state index in [0.29, 0.717) is 11.4 Å². The van der Waals surface area contributed by atoms with Crippen molar-refractivity contribution in [2.45, 2.75) is 34.2 Å². The number of ether oxygens (including phenoxy) is 1. The first kappa shape index (κ1) is 22.8. The van der Waals surface area contributed by atoms with Gasteiger partial charge in [0, 0.05) is 22.6 Å². The minimum atomic E-state index is -0.503. The van der Waals surface area contributed by atoms with E-state index in [4.69, 9.17) is 10.1 Å². The Hall–Kier alpha value is -3.87. The molecule has 0 atom stereocenters. The van der Waals surface area contributed by atoms with E-state index in [1.165, 1.54) is 0 Å². The first-order chi connectivity index (χ1) is 15.2. The lowest BCUT2D eigenvalue weighted by molar-refractivity contribution is -0.148. The van der Waals surface area contributed by atoms with E-state index in [0.717, 1.165) is 27.8 Å². The Kier molecular flexibility index (Phi) is 7.10. The molecule has 0 unspecified atom stereocenters. The van der Waals surface area contributed by atoms with Crippen LogP contribution in [0.25, 0.3) is 10.9 Å². The van der Waals surface area contributed by atoms with Gasteiger partial charge >= 0.3 is 5.97 Å². The van der Waals surface area contributed by atoms with Crippen molar-refractivity contribution >= 4 is 34.2 Å². The van der Waals surface area contributed by atoms with Crippen LogP contribution in [0.4, 0.5) is 5.69 Å². The molecule has 2 aromatic carbocycles. The van der Waals surface area contributed by atoms with Crippen LogP contribution < -0.4 is 10.6 Å². The highest BCUT2D eigenvalue weighted by Crippen LogP contribution is 2.19. The Morgan fingerprint density at radius 2 is 1.78 bits per heavy atom. The second-order valence-corrected chi connectivity index (χ2v) is 7.76. The summed E-state index contributed by atoms with van der Waals surface area (Å²) in [6.07, 6.45) is 0. The van der Waals surface area contributed by atoms with Gasteiger partial charge in [0.25, 0.3) is 5.91 Å². The van der Waals surface area contributed by atoms with Crippen LogP contribution in [0.1, 0.15) is 25.1 Å². The van der Waals surface area contributed by atoms with Crippen LogP contribution in [-0.4, -0.2) is 28.8 Å². The van der Waals surface area contributed by atoms with Gasteiger partial charge in [-0.15, -0.1) is 0 Å². The minimum absolute atomic E-state index is 0.0207. The van der Waals surface area contributed by atoms with Crippen molar-refractivity contribution < 1.29 is 14.3 Å². The molecule has 0 bridgehead atoms. The van der Waals surface area contributed by atoms with Gasteiger partial charge < -0.3 is 25.3 Å². The zero-order valence-electron chi connectivity index (χ0n) is 18.8. The monoisotopic (exact) mass is 432 g/mol. The van der Waals surface area contributed by atoms with Gasteiger partial charge in [0.1, 0.15) is 6.54 Å². The largest absolute Gasteiger partial charge is 0.454 e. The van der Waals surface area contributed by atoms with E-state index in [1.807, 2.05) is 73.0 Å². The number of carbonyl (C=O) groups excluding carboxylic acids is 2. The molecule has 3 aromatic rings. The fourth-order valence-electron chi connectivity index (χ4n) is 3.53. The molecule has 0 aliphatic rings. The molecular formula is C25H28N4O3. The van der Waals surface area contributed by atoms with Crippen molar-refractivity contribution in [1.29, 1.82) is 5.41 Å². The van der Waals surface area contributed by atoms with Crippen LogP contribution in [0.15, 0.2) is 66.0 Å². The highest BCUT2D eigenvalue weighted by atomic mass is 16.5. The standard InChI is InChI=1S/C25H28N4O3/c1-16-8-7-10-21(12-16)27-19(4)25(18(3)26)28-23(30)15-32-24(31)14-29-17(2)13-20-9-5-6-11-22(20)29/h5-13,26-27H,14-15H2,1-4H3,(H,28,30)/b25-19+,26-18?.